The van der Waals surface area contributed by atoms with Crippen LogP contribution < -0.4 is 5.32 Å². The van der Waals surface area contributed by atoms with Crippen molar-refractivity contribution in [2.24, 2.45) is 11.8 Å². The van der Waals surface area contributed by atoms with Gasteiger partial charge in [-0.25, -0.2) is 4.79 Å². The second kappa shape index (κ2) is 6.41. The molecular formula is C14H26N2O2. The van der Waals surface area contributed by atoms with Crippen LogP contribution in [0.1, 0.15) is 39.5 Å². The second-order valence-electron chi connectivity index (χ2n) is 5.86. The normalized spacial score (nSPS) is 24.9. The molecule has 1 atom stereocenters. The third kappa shape index (κ3) is 3.61. The maximum atomic E-state index is 12.1. The SMILES string of the molecule is CC1CCN(C(=O)NC(C)C2CCOCC2)CC1. The Labute approximate surface area is 110 Å². The van der Waals surface area contributed by atoms with Crippen LogP contribution in [0.5, 0.6) is 0 Å². The summed E-state index contributed by atoms with van der Waals surface area (Å²) < 4.78 is 5.36. The Balaban J connectivity index is 1.75. The lowest BCUT2D eigenvalue weighted by Gasteiger charge is -2.34. The minimum Gasteiger partial charge on any atom is -0.381 e. The predicted octanol–water partition coefficient (Wildman–Crippen LogP) is 2.24. The van der Waals surface area contributed by atoms with Crippen molar-refractivity contribution in [1.82, 2.24) is 10.2 Å². The van der Waals surface area contributed by atoms with Crippen LogP contribution in [0.2, 0.25) is 0 Å². The van der Waals surface area contributed by atoms with Crippen LogP contribution in [0.3, 0.4) is 0 Å². The van der Waals surface area contributed by atoms with Gasteiger partial charge in [-0.05, 0) is 44.4 Å². The summed E-state index contributed by atoms with van der Waals surface area (Å²) in [5, 5.41) is 3.17. The quantitative estimate of drug-likeness (QED) is 0.821. The molecule has 0 spiro atoms. The lowest BCUT2D eigenvalue weighted by atomic mass is 9.93. The summed E-state index contributed by atoms with van der Waals surface area (Å²) >= 11 is 0. The fourth-order valence-electron chi connectivity index (χ4n) is 2.83. The zero-order valence-corrected chi connectivity index (χ0v) is 11.7. The molecule has 2 saturated heterocycles. The molecule has 104 valence electrons. The zero-order chi connectivity index (χ0) is 13.0. The molecule has 1 N–H and O–H groups in total. The molecule has 0 saturated carbocycles. The number of amides is 2. The van der Waals surface area contributed by atoms with Gasteiger partial charge in [-0.1, -0.05) is 6.92 Å². The minimum absolute atomic E-state index is 0.126. The van der Waals surface area contributed by atoms with Crippen molar-refractivity contribution >= 4 is 6.03 Å². The third-order valence-electron chi connectivity index (χ3n) is 4.40. The lowest BCUT2D eigenvalue weighted by Crippen LogP contribution is -2.49. The Bertz CT molecular complexity index is 269. The molecule has 2 fully saturated rings. The maximum absolute atomic E-state index is 12.1. The van der Waals surface area contributed by atoms with E-state index in [9.17, 15) is 4.79 Å². The number of hydrogen-bond donors (Lipinski definition) is 1. The van der Waals surface area contributed by atoms with Gasteiger partial charge < -0.3 is 15.0 Å². The maximum Gasteiger partial charge on any atom is 0.317 e. The van der Waals surface area contributed by atoms with Gasteiger partial charge in [0, 0.05) is 32.3 Å². The highest BCUT2D eigenvalue weighted by atomic mass is 16.5. The highest BCUT2D eigenvalue weighted by Gasteiger charge is 2.25. The van der Waals surface area contributed by atoms with Gasteiger partial charge in [0.25, 0.3) is 0 Å². The smallest absolute Gasteiger partial charge is 0.317 e. The summed E-state index contributed by atoms with van der Waals surface area (Å²) in [7, 11) is 0. The van der Waals surface area contributed by atoms with Gasteiger partial charge in [-0.2, -0.15) is 0 Å². The minimum atomic E-state index is 0.126. The van der Waals surface area contributed by atoms with E-state index in [0.29, 0.717) is 5.92 Å². The number of nitrogens with one attached hydrogen (secondary N) is 1. The first-order valence-electron chi connectivity index (χ1n) is 7.30. The van der Waals surface area contributed by atoms with E-state index in [0.717, 1.165) is 57.9 Å². The van der Waals surface area contributed by atoms with Gasteiger partial charge in [0.2, 0.25) is 0 Å². The summed E-state index contributed by atoms with van der Waals surface area (Å²) in [6.07, 6.45) is 4.41. The van der Waals surface area contributed by atoms with Crippen LogP contribution in [0.15, 0.2) is 0 Å². The number of urea groups is 1. The molecule has 2 aliphatic heterocycles. The average Bonchev–Trinajstić information content (AvgIpc) is 2.40. The molecule has 4 nitrogen and oxygen atoms in total. The van der Waals surface area contributed by atoms with E-state index < -0.39 is 0 Å². The zero-order valence-electron chi connectivity index (χ0n) is 11.7. The van der Waals surface area contributed by atoms with Gasteiger partial charge in [-0.3, -0.25) is 0 Å². The largest absolute Gasteiger partial charge is 0.381 e. The number of piperidine rings is 1. The first-order valence-corrected chi connectivity index (χ1v) is 7.30. The van der Waals surface area contributed by atoms with E-state index in [2.05, 4.69) is 19.2 Å². The molecule has 4 heteroatoms. The number of hydrogen-bond acceptors (Lipinski definition) is 2. The van der Waals surface area contributed by atoms with Gasteiger partial charge in [0.15, 0.2) is 0 Å². The fraction of sp³-hybridized carbons (Fsp3) is 0.929. The van der Waals surface area contributed by atoms with Crippen molar-refractivity contribution in [3.8, 4) is 0 Å². The summed E-state index contributed by atoms with van der Waals surface area (Å²) in [6, 6.07) is 0.390. The van der Waals surface area contributed by atoms with Crippen molar-refractivity contribution in [1.29, 1.82) is 0 Å². The van der Waals surface area contributed by atoms with Crippen LogP contribution in [-0.2, 0) is 4.74 Å². The Morgan fingerprint density at radius 2 is 1.83 bits per heavy atom. The highest BCUT2D eigenvalue weighted by Crippen LogP contribution is 2.20. The molecule has 0 aromatic rings. The average molecular weight is 254 g/mol. The van der Waals surface area contributed by atoms with E-state index in [1.807, 2.05) is 4.90 Å². The molecule has 0 aliphatic carbocycles. The van der Waals surface area contributed by atoms with Crippen LogP contribution >= 0.6 is 0 Å². The van der Waals surface area contributed by atoms with E-state index in [4.69, 9.17) is 4.74 Å². The van der Waals surface area contributed by atoms with Crippen LogP contribution in [-0.4, -0.2) is 43.3 Å². The summed E-state index contributed by atoms with van der Waals surface area (Å²) in [5.41, 5.74) is 0. The van der Waals surface area contributed by atoms with Gasteiger partial charge in [-0.15, -0.1) is 0 Å². The lowest BCUT2D eigenvalue weighted by molar-refractivity contribution is 0.0559. The number of nitrogens with zero attached hydrogens (tertiary/aromatic N) is 1. The van der Waals surface area contributed by atoms with Crippen LogP contribution in [0.25, 0.3) is 0 Å². The standard InChI is InChI=1S/C14H26N2O2/c1-11-3-7-16(8-4-11)14(17)15-12(2)13-5-9-18-10-6-13/h11-13H,3-10H2,1-2H3,(H,15,17). The molecule has 18 heavy (non-hydrogen) atoms. The first-order chi connectivity index (χ1) is 8.66. The van der Waals surface area contributed by atoms with Gasteiger partial charge in [0.05, 0.1) is 0 Å². The summed E-state index contributed by atoms with van der Waals surface area (Å²) in [6.45, 7) is 7.89. The van der Waals surface area contributed by atoms with Crippen molar-refractivity contribution in [3.63, 3.8) is 0 Å². The van der Waals surface area contributed by atoms with Gasteiger partial charge in [0.1, 0.15) is 0 Å². The summed E-state index contributed by atoms with van der Waals surface area (Å²) in [5.74, 6) is 1.34. The number of carbonyl (C=O) groups is 1. The third-order valence-corrected chi connectivity index (χ3v) is 4.40. The number of ether oxygens (including phenoxy) is 1. The van der Waals surface area contributed by atoms with Crippen molar-refractivity contribution < 1.29 is 9.53 Å². The van der Waals surface area contributed by atoms with Crippen LogP contribution in [0, 0.1) is 11.8 Å². The number of carbonyl (C=O) groups excluding carboxylic acids is 1. The van der Waals surface area contributed by atoms with E-state index >= 15 is 0 Å². The molecular weight excluding hydrogens is 228 g/mol. The van der Waals surface area contributed by atoms with E-state index in [1.54, 1.807) is 0 Å². The molecule has 1 unspecified atom stereocenters. The molecule has 2 amide bonds. The molecule has 0 aromatic carbocycles. The predicted molar refractivity (Wildman–Crippen MR) is 71.5 cm³/mol. The molecule has 2 heterocycles. The van der Waals surface area contributed by atoms with Crippen molar-refractivity contribution in [2.75, 3.05) is 26.3 Å². The summed E-state index contributed by atoms with van der Waals surface area (Å²) in [4.78, 5) is 14.1. The molecule has 0 bridgehead atoms. The Morgan fingerprint density at radius 3 is 2.44 bits per heavy atom. The second-order valence-corrected chi connectivity index (χ2v) is 5.86. The number of likely N-dealkylation sites (tertiary alicyclic amines) is 1. The van der Waals surface area contributed by atoms with Crippen molar-refractivity contribution in [3.05, 3.63) is 0 Å². The number of rotatable bonds is 2. The highest BCUT2D eigenvalue weighted by molar-refractivity contribution is 5.74. The Morgan fingerprint density at radius 1 is 1.22 bits per heavy atom. The van der Waals surface area contributed by atoms with Crippen molar-refractivity contribution in [2.45, 2.75) is 45.6 Å². The fourth-order valence-corrected chi connectivity index (χ4v) is 2.83. The monoisotopic (exact) mass is 254 g/mol. The van der Waals surface area contributed by atoms with E-state index in [-0.39, 0.29) is 12.1 Å². The van der Waals surface area contributed by atoms with E-state index in [1.165, 1.54) is 0 Å². The Kier molecular flexibility index (Phi) is 4.87. The topological polar surface area (TPSA) is 41.6 Å². The first kappa shape index (κ1) is 13.7. The van der Waals surface area contributed by atoms with Crippen LogP contribution in [0.4, 0.5) is 4.79 Å². The molecule has 2 aliphatic rings. The molecule has 0 aromatic heterocycles. The molecule has 0 radical (unpaired) electrons. The van der Waals surface area contributed by atoms with Gasteiger partial charge >= 0.3 is 6.03 Å². The Hall–Kier alpha value is -0.770. The molecule has 2 rings (SSSR count).